The summed E-state index contributed by atoms with van der Waals surface area (Å²) in [6, 6.07) is 0.689. The summed E-state index contributed by atoms with van der Waals surface area (Å²) in [7, 11) is 0. The Morgan fingerprint density at radius 1 is 1.26 bits per heavy atom. The van der Waals surface area contributed by atoms with Crippen LogP contribution in [-0.4, -0.2) is 22.7 Å². The molecule has 0 unspecified atom stereocenters. The number of nitrogens with one attached hydrogen (secondary N) is 2. The maximum Gasteiger partial charge on any atom is 0.458 e. The molecule has 0 bridgehead atoms. The van der Waals surface area contributed by atoms with E-state index in [-0.39, 0.29) is 5.92 Å². The molecule has 0 aromatic carbocycles. The monoisotopic (exact) mass is 337 g/mol. The molecular formula is C14H16F5N3O. The number of amides is 2. The van der Waals surface area contributed by atoms with Crippen LogP contribution in [-0.2, 0) is 5.92 Å². The molecule has 1 aliphatic carbocycles. The Kier molecular flexibility index (Phi) is 4.25. The molecule has 0 saturated heterocycles. The zero-order valence-corrected chi connectivity index (χ0v) is 12.5. The minimum absolute atomic E-state index is 0.119. The van der Waals surface area contributed by atoms with E-state index in [1.807, 2.05) is 19.2 Å². The number of alkyl halides is 5. The first kappa shape index (κ1) is 17.4. The molecule has 1 aromatic heterocycles. The molecule has 1 saturated carbocycles. The van der Waals surface area contributed by atoms with Crippen LogP contribution >= 0.6 is 0 Å². The lowest BCUT2D eigenvalue weighted by Gasteiger charge is -2.24. The maximum atomic E-state index is 13.5. The molecular weight excluding hydrogens is 321 g/mol. The highest BCUT2D eigenvalue weighted by atomic mass is 19.4. The second-order valence-corrected chi connectivity index (χ2v) is 5.86. The van der Waals surface area contributed by atoms with Crippen LogP contribution in [0.4, 0.5) is 32.6 Å². The van der Waals surface area contributed by atoms with Gasteiger partial charge in [0.05, 0.1) is 5.56 Å². The summed E-state index contributed by atoms with van der Waals surface area (Å²) >= 11 is 0. The topological polar surface area (TPSA) is 54.0 Å². The Balaban J connectivity index is 2.20. The van der Waals surface area contributed by atoms with Gasteiger partial charge in [-0.15, -0.1) is 0 Å². The average molecular weight is 337 g/mol. The Labute approximate surface area is 129 Å². The van der Waals surface area contributed by atoms with Gasteiger partial charge in [0.1, 0.15) is 5.82 Å². The van der Waals surface area contributed by atoms with Gasteiger partial charge in [0.15, 0.2) is 0 Å². The number of hydrogen-bond acceptors (Lipinski definition) is 2. The third kappa shape index (κ3) is 3.37. The summed E-state index contributed by atoms with van der Waals surface area (Å²) in [6.45, 7) is 3.77. The number of carbonyl (C=O) groups excluding carboxylic acids is 1. The summed E-state index contributed by atoms with van der Waals surface area (Å²) in [5.74, 6) is -5.81. The third-order valence-electron chi connectivity index (χ3n) is 3.99. The van der Waals surface area contributed by atoms with E-state index in [1.54, 1.807) is 0 Å². The largest absolute Gasteiger partial charge is 0.458 e. The number of anilines is 1. The molecule has 0 atom stereocenters. The van der Waals surface area contributed by atoms with E-state index in [1.165, 1.54) is 0 Å². The minimum Gasteiger partial charge on any atom is -0.332 e. The smallest absolute Gasteiger partial charge is 0.332 e. The molecule has 128 valence electrons. The van der Waals surface area contributed by atoms with Crippen molar-refractivity contribution in [2.75, 3.05) is 5.32 Å². The number of nitrogens with zero attached hydrogens (tertiary/aromatic N) is 1. The van der Waals surface area contributed by atoms with Gasteiger partial charge in [-0.25, -0.2) is 9.78 Å². The number of hydrogen-bond donors (Lipinski definition) is 2. The molecule has 0 aliphatic heterocycles. The molecule has 4 nitrogen and oxygen atoms in total. The van der Waals surface area contributed by atoms with Gasteiger partial charge in [-0.1, -0.05) is 13.8 Å². The first-order chi connectivity index (χ1) is 10.5. The lowest BCUT2D eigenvalue weighted by atomic mass is 10.0. The highest BCUT2D eigenvalue weighted by molar-refractivity contribution is 5.90. The summed E-state index contributed by atoms with van der Waals surface area (Å²) in [5.41, 5.74) is -1.83. The second kappa shape index (κ2) is 5.61. The van der Waals surface area contributed by atoms with E-state index in [4.69, 9.17) is 0 Å². The lowest BCUT2D eigenvalue weighted by Crippen LogP contribution is -2.44. The summed E-state index contributed by atoms with van der Waals surface area (Å²) in [4.78, 5) is 15.4. The van der Waals surface area contributed by atoms with E-state index in [0.29, 0.717) is 6.07 Å². The molecule has 0 spiro atoms. The molecule has 2 rings (SSSR count). The van der Waals surface area contributed by atoms with Crippen LogP contribution in [0.15, 0.2) is 18.3 Å². The van der Waals surface area contributed by atoms with Gasteiger partial charge in [0.25, 0.3) is 0 Å². The van der Waals surface area contributed by atoms with Crippen molar-refractivity contribution in [3.8, 4) is 0 Å². The molecule has 23 heavy (non-hydrogen) atoms. The van der Waals surface area contributed by atoms with Crippen molar-refractivity contribution in [3.05, 3.63) is 23.9 Å². The SMILES string of the molecule is CC(C)C1(NC(=O)Nc2ncccc2C(F)(F)C(F)(F)F)CC1. The Morgan fingerprint density at radius 2 is 1.87 bits per heavy atom. The van der Waals surface area contributed by atoms with Crippen LogP contribution in [0.1, 0.15) is 32.3 Å². The van der Waals surface area contributed by atoms with Crippen molar-refractivity contribution in [2.45, 2.75) is 44.3 Å². The van der Waals surface area contributed by atoms with Gasteiger partial charge in [0, 0.05) is 11.7 Å². The van der Waals surface area contributed by atoms with Gasteiger partial charge in [-0.05, 0) is 30.9 Å². The van der Waals surface area contributed by atoms with Gasteiger partial charge < -0.3 is 5.32 Å². The van der Waals surface area contributed by atoms with Crippen molar-refractivity contribution < 1.29 is 26.7 Å². The molecule has 1 aliphatic rings. The van der Waals surface area contributed by atoms with Crippen LogP contribution in [0.5, 0.6) is 0 Å². The zero-order valence-electron chi connectivity index (χ0n) is 12.5. The number of pyridine rings is 1. The van der Waals surface area contributed by atoms with Crippen LogP contribution in [0.25, 0.3) is 0 Å². The molecule has 1 aromatic rings. The van der Waals surface area contributed by atoms with E-state index in [2.05, 4.69) is 10.3 Å². The number of aromatic nitrogens is 1. The normalized spacial score (nSPS) is 17.0. The van der Waals surface area contributed by atoms with Crippen LogP contribution < -0.4 is 10.6 Å². The van der Waals surface area contributed by atoms with E-state index < -0.39 is 35.1 Å². The fourth-order valence-electron chi connectivity index (χ4n) is 2.26. The molecule has 1 fully saturated rings. The molecule has 0 radical (unpaired) electrons. The van der Waals surface area contributed by atoms with Crippen molar-refractivity contribution in [1.82, 2.24) is 10.3 Å². The predicted octanol–water partition coefficient (Wildman–Crippen LogP) is 4.05. The van der Waals surface area contributed by atoms with Crippen molar-refractivity contribution in [2.24, 2.45) is 5.92 Å². The molecule has 2 N–H and O–H groups in total. The highest BCUT2D eigenvalue weighted by Crippen LogP contribution is 2.46. The number of rotatable bonds is 4. The van der Waals surface area contributed by atoms with Crippen molar-refractivity contribution in [1.29, 1.82) is 0 Å². The van der Waals surface area contributed by atoms with Gasteiger partial charge in [-0.3, -0.25) is 5.32 Å². The standard InChI is InChI=1S/C14H16F5N3O/c1-8(2)12(5-6-12)22-11(23)21-10-9(4-3-7-20-10)13(15,16)14(17,18)19/h3-4,7-8H,5-6H2,1-2H3,(H2,20,21,22,23). The fourth-order valence-corrected chi connectivity index (χ4v) is 2.26. The van der Waals surface area contributed by atoms with Crippen LogP contribution in [0.2, 0.25) is 0 Å². The van der Waals surface area contributed by atoms with Gasteiger partial charge >= 0.3 is 18.1 Å². The number of urea groups is 1. The quantitative estimate of drug-likeness (QED) is 0.815. The average Bonchev–Trinajstić information content (AvgIpc) is 3.18. The van der Waals surface area contributed by atoms with E-state index in [9.17, 15) is 26.7 Å². The second-order valence-electron chi connectivity index (χ2n) is 5.86. The number of carbonyl (C=O) groups is 1. The van der Waals surface area contributed by atoms with E-state index >= 15 is 0 Å². The third-order valence-corrected chi connectivity index (χ3v) is 3.99. The highest BCUT2D eigenvalue weighted by Gasteiger charge is 2.60. The van der Waals surface area contributed by atoms with E-state index in [0.717, 1.165) is 25.1 Å². The zero-order chi connectivity index (χ0) is 17.5. The molecule has 1 heterocycles. The fraction of sp³-hybridized carbons (Fsp3) is 0.571. The van der Waals surface area contributed by atoms with Crippen LogP contribution in [0, 0.1) is 5.92 Å². The maximum absolute atomic E-state index is 13.5. The van der Waals surface area contributed by atoms with Crippen LogP contribution in [0.3, 0.4) is 0 Å². The lowest BCUT2D eigenvalue weighted by molar-refractivity contribution is -0.289. The Bertz CT molecular complexity index is 596. The summed E-state index contributed by atoms with van der Waals surface area (Å²) in [5, 5.41) is 4.62. The first-order valence-electron chi connectivity index (χ1n) is 6.99. The number of halogens is 5. The Morgan fingerprint density at radius 3 is 2.35 bits per heavy atom. The summed E-state index contributed by atoms with van der Waals surface area (Å²) in [6.07, 6.45) is -3.29. The predicted molar refractivity (Wildman–Crippen MR) is 73.1 cm³/mol. The minimum atomic E-state index is -5.78. The van der Waals surface area contributed by atoms with Crippen molar-refractivity contribution in [3.63, 3.8) is 0 Å². The summed E-state index contributed by atoms with van der Waals surface area (Å²) < 4.78 is 64.6. The van der Waals surface area contributed by atoms with Crippen molar-refractivity contribution >= 4 is 11.8 Å². The molecule has 2 amide bonds. The molecule has 9 heteroatoms. The van der Waals surface area contributed by atoms with Gasteiger partial charge in [0.2, 0.25) is 0 Å². The first-order valence-corrected chi connectivity index (χ1v) is 6.99. The Hall–Kier alpha value is -1.93. The van der Waals surface area contributed by atoms with Gasteiger partial charge in [-0.2, -0.15) is 22.0 Å².